The molecule has 29 heavy (non-hydrogen) atoms. The molecule has 1 fully saturated rings. The molecule has 2 aromatic rings. The third-order valence-corrected chi connectivity index (χ3v) is 5.27. The molecular weight excluding hydrogens is 400 g/mol. The third kappa shape index (κ3) is 6.17. The molecule has 160 valence electrons. The quantitative estimate of drug-likeness (QED) is 0.522. The average molecular weight is 427 g/mol. The Hall–Kier alpha value is -2.13. The Morgan fingerprint density at radius 1 is 1.31 bits per heavy atom. The number of carboxylic acid groups (broad SMARTS) is 2. The van der Waals surface area contributed by atoms with Crippen molar-refractivity contribution in [3.05, 3.63) is 34.5 Å². The van der Waals surface area contributed by atoms with Crippen molar-refractivity contribution >= 4 is 34.4 Å². The number of halogens is 1. The molecule has 0 saturated carbocycles. The maximum atomic E-state index is 10.4. The van der Waals surface area contributed by atoms with E-state index >= 15 is 0 Å². The topological polar surface area (TPSA) is 121 Å². The highest BCUT2D eigenvalue weighted by Crippen LogP contribution is 2.30. The van der Waals surface area contributed by atoms with Gasteiger partial charge >= 0.3 is 11.9 Å². The Kier molecular flexibility index (Phi) is 8.45. The van der Waals surface area contributed by atoms with E-state index in [9.17, 15) is 5.11 Å². The molecule has 1 aromatic carbocycles. The number of hydrogen-bond acceptors (Lipinski definition) is 5. The molecule has 9 heteroatoms. The van der Waals surface area contributed by atoms with Gasteiger partial charge < -0.3 is 29.9 Å². The molecule has 0 amide bonds. The van der Waals surface area contributed by atoms with E-state index in [2.05, 4.69) is 29.8 Å². The molecule has 2 heterocycles. The normalized spacial score (nSPS) is 17.0. The van der Waals surface area contributed by atoms with Crippen LogP contribution in [0.3, 0.4) is 0 Å². The molecule has 0 bridgehead atoms. The fraction of sp³-hybridized carbons (Fsp3) is 0.500. The second-order valence-corrected chi connectivity index (χ2v) is 7.42. The molecule has 1 saturated heterocycles. The number of aliphatic carboxylic acids is 2. The zero-order valence-electron chi connectivity index (χ0n) is 16.5. The number of aryl methyl sites for hydroxylation is 1. The van der Waals surface area contributed by atoms with Crippen LogP contribution in [0, 0.1) is 13.8 Å². The Balaban J connectivity index is 0.000000438. The number of benzene rings is 1. The number of carboxylic acids is 2. The van der Waals surface area contributed by atoms with Crippen LogP contribution in [0.4, 0.5) is 0 Å². The summed E-state index contributed by atoms with van der Waals surface area (Å²) in [6, 6.07) is 5.96. The highest BCUT2D eigenvalue weighted by Gasteiger charge is 2.18. The number of aromatic nitrogens is 1. The van der Waals surface area contributed by atoms with Gasteiger partial charge in [-0.3, -0.25) is 0 Å². The number of para-hydroxylation sites is 1. The van der Waals surface area contributed by atoms with E-state index in [0.29, 0.717) is 19.2 Å². The summed E-state index contributed by atoms with van der Waals surface area (Å²) in [6.07, 6.45) is 2.09. The molecule has 2 unspecified atom stereocenters. The van der Waals surface area contributed by atoms with Gasteiger partial charge in [0.15, 0.2) is 0 Å². The predicted molar refractivity (Wildman–Crippen MR) is 110 cm³/mol. The minimum absolute atomic E-state index is 0.299. The molecule has 1 aromatic heterocycles. The predicted octanol–water partition coefficient (Wildman–Crippen LogP) is 2.20. The molecule has 3 rings (SSSR count). The van der Waals surface area contributed by atoms with Gasteiger partial charge in [0.05, 0.1) is 29.3 Å². The van der Waals surface area contributed by atoms with E-state index in [-0.39, 0.29) is 0 Å². The van der Waals surface area contributed by atoms with Gasteiger partial charge in [0, 0.05) is 30.8 Å². The molecular formula is C20H27ClN2O6. The van der Waals surface area contributed by atoms with Gasteiger partial charge in [0.1, 0.15) is 0 Å². The van der Waals surface area contributed by atoms with Crippen molar-refractivity contribution in [1.29, 1.82) is 0 Å². The zero-order valence-corrected chi connectivity index (χ0v) is 17.3. The molecule has 8 nitrogen and oxygen atoms in total. The second kappa shape index (κ2) is 10.6. The van der Waals surface area contributed by atoms with Crippen molar-refractivity contribution in [2.75, 3.05) is 19.7 Å². The maximum absolute atomic E-state index is 10.4. The first-order valence-electron chi connectivity index (χ1n) is 9.42. The van der Waals surface area contributed by atoms with Crippen LogP contribution in [0.25, 0.3) is 10.9 Å². The Morgan fingerprint density at radius 3 is 2.59 bits per heavy atom. The van der Waals surface area contributed by atoms with E-state index in [1.807, 2.05) is 12.1 Å². The largest absolute Gasteiger partial charge is 0.473 e. The molecule has 0 aliphatic carbocycles. The number of nitrogens with zero attached hydrogens (tertiary/aromatic N) is 1. The average Bonchev–Trinajstić information content (AvgIpc) is 3.26. The van der Waals surface area contributed by atoms with Gasteiger partial charge in [-0.25, -0.2) is 9.59 Å². The molecule has 1 aliphatic rings. The second-order valence-electron chi connectivity index (χ2n) is 7.01. The van der Waals surface area contributed by atoms with Gasteiger partial charge in [-0.2, -0.15) is 0 Å². The van der Waals surface area contributed by atoms with Crippen LogP contribution >= 0.6 is 11.6 Å². The number of aliphatic hydroxyl groups is 1. The van der Waals surface area contributed by atoms with E-state index in [0.717, 1.165) is 47.6 Å². The number of carbonyl (C=O) groups is 2. The fourth-order valence-corrected chi connectivity index (χ4v) is 3.65. The lowest BCUT2D eigenvalue weighted by Crippen LogP contribution is -2.35. The summed E-state index contributed by atoms with van der Waals surface area (Å²) >= 11 is 6.39. The third-order valence-electron chi connectivity index (χ3n) is 4.96. The summed E-state index contributed by atoms with van der Waals surface area (Å²) in [5.74, 6) is -3.65. The molecule has 0 radical (unpaired) electrons. The van der Waals surface area contributed by atoms with Gasteiger partial charge in [0.2, 0.25) is 0 Å². The highest BCUT2D eigenvalue weighted by atomic mass is 35.5. The highest BCUT2D eigenvalue weighted by molar-refractivity contribution is 6.35. The number of rotatable bonds is 6. The smallest absolute Gasteiger partial charge is 0.414 e. The van der Waals surface area contributed by atoms with Crippen molar-refractivity contribution in [3.8, 4) is 0 Å². The number of fused-ring (bicyclic) bond motifs is 1. The summed E-state index contributed by atoms with van der Waals surface area (Å²) in [5.41, 5.74) is 3.40. The lowest BCUT2D eigenvalue weighted by molar-refractivity contribution is -0.159. The van der Waals surface area contributed by atoms with Crippen LogP contribution in [0.5, 0.6) is 0 Å². The van der Waals surface area contributed by atoms with E-state index in [1.54, 1.807) is 0 Å². The minimum atomic E-state index is -1.82. The lowest BCUT2D eigenvalue weighted by Gasteiger charge is -2.17. The van der Waals surface area contributed by atoms with Crippen LogP contribution in [0.2, 0.25) is 5.02 Å². The van der Waals surface area contributed by atoms with Crippen LogP contribution in [0.1, 0.15) is 24.1 Å². The first kappa shape index (κ1) is 23.2. The first-order chi connectivity index (χ1) is 13.7. The van der Waals surface area contributed by atoms with Gasteiger partial charge in [-0.1, -0.05) is 23.7 Å². The maximum Gasteiger partial charge on any atom is 0.414 e. The van der Waals surface area contributed by atoms with E-state index in [4.69, 9.17) is 36.1 Å². The van der Waals surface area contributed by atoms with Crippen LogP contribution in [-0.2, 0) is 20.9 Å². The molecule has 2 atom stereocenters. The van der Waals surface area contributed by atoms with Crippen LogP contribution < -0.4 is 5.32 Å². The SMILES string of the molecule is Cc1c(C)n(CC(O)CNCC2CCCO2)c2c(Cl)cccc12.O=C(O)C(=O)O. The van der Waals surface area contributed by atoms with Crippen molar-refractivity contribution in [2.24, 2.45) is 0 Å². The standard InChI is InChI=1S/C18H25ClN2O2.C2H2O4/c1-12-13(2)21(18-16(12)6-3-7-17(18)19)11-14(22)9-20-10-15-5-4-8-23-15;3-1(4)2(5)6/h3,6-7,14-15,20,22H,4-5,8-11H2,1-2H3;(H,3,4)(H,5,6). The first-order valence-corrected chi connectivity index (χ1v) is 9.80. The monoisotopic (exact) mass is 426 g/mol. The van der Waals surface area contributed by atoms with Gasteiger partial charge in [-0.15, -0.1) is 0 Å². The van der Waals surface area contributed by atoms with Crippen molar-refractivity contribution in [2.45, 2.75) is 45.4 Å². The van der Waals surface area contributed by atoms with Crippen LogP contribution in [0.15, 0.2) is 18.2 Å². The van der Waals surface area contributed by atoms with Gasteiger partial charge in [0.25, 0.3) is 0 Å². The van der Waals surface area contributed by atoms with Crippen LogP contribution in [-0.4, -0.2) is 63.7 Å². The summed E-state index contributed by atoms with van der Waals surface area (Å²) < 4.78 is 7.71. The molecule has 1 aliphatic heterocycles. The Bertz CT molecular complexity index is 848. The number of hydrogen-bond donors (Lipinski definition) is 4. The molecule has 4 N–H and O–H groups in total. The van der Waals surface area contributed by atoms with E-state index < -0.39 is 18.0 Å². The van der Waals surface area contributed by atoms with Crippen molar-refractivity contribution < 1.29 is 29.6 Å². The van der Waals surface area contributed by atoms with Gasteiger partial charge in [-0.05, 0) is 38.3 Å². The fourth-order valence-electron chi connectivity index (χ4n) is 3.38. The number of nitrogens with one attached hydrogen (secondary N) is 1. The lowest BCUT2D eigenvalue weighted by atomic mass is 10.2. The Morgan fingerprint density at radius 2 is 2.00 bits per heavy atom. The number of ether oxygens (including phenoxy) is 1. The van der Waals surface area contributed by atoms with E-state index in [1.165, 1.54) is 5.56 Å². The zero-order chi connectivity index (χ0) is 21.6. The van der Waals surface area contributed by atoms with Crippen molar-refractivity contribution in [3.63, 3.8) is 0 Å². The molecule has 0 spiro atoms. The summed E-state index contributed by atoms with van der Waals surface area (Å²) in [6.45, 7) is 6.95. The van der Waals surface area contributed by atoms with Crippen molar-refractivity contribution in [1.82, 2.24) is 9.88 Å². The summed E-state index contributed by atoms with van der Waals surface area (Å²) in [5, 5.41) is 30.4. The summed E-state index contributed by atoms with van der Waals surface area (Å²) in [4.78, 5) is 18.2. The number of aliphatic hydroxyl groups excluding tert-OH is 1. The minimum Gasteiger partial charge on any atom is -0.473 e. The summed E-state index contributed by atoms with van der Waals surface area (Å²) in [7, 11) is 0. The Labute approximate surface area is 174 Å².